The van der Waals surface area contributed by atoms with E-state index in [2.05, 4.69) is 45.6 Å². The Balaban J connectivity index is 0. The van der Waals surface area contributed by atoms with Crippen LogP contribution in [0, 0.1) is 12.8 Å². The first-order valence-corrected chi connectivity index (χ1v) is 5.97. The number of aryl methyl sites for hydroxylation is 1. The van der Waals surface area contributed by atoms with Crippen molar-refractivity contribution < 1.29 is 0 Å². The zero-order valence-corrected chi connectivity index (χ0v) is 11.4. The van der Waals surface area contributed by atoms with E-state index >= 15 is 0 Å². The van der Waals surface area contributed by atoms with Gasteiger partial charge in [-0.05, 0) is 12.8 Å². The van der Waals surface area contributed by atoms with Crippen LogP contribution in [-0.4, -0.2) is 0 Å². The predicted octanol–water partition coefficient (Wildman–Crippen LogP) is 5.41. The molecule has 0 aliphatic carbocycles. The van der Waals surface area contributed by atoms with Gasteiger partial charge in [0.05, 0.1) is 0 Å². The Labute approximate surface area is 102 Å². The van der Waals surface area contributed by atoms with E-state index in [0.29, 0.717) is 5.92 Å². The van der Waals surface area contributed by atoms with Crippen molar-refractivity contribution in [2.45, 2.75) is 34.6 Å². The molecule has 0 saturated heterocycles. The molecule has 0 bridgehead atoms. The van der Waals surface area contributed by atoms with Gasteiger partial charge in [-0.1, -0.05) is 88.4 Å². The lowest BCUT2D eigenvalue weighted by atomic mass is 10.2. The molecule has 0 N–H and O–H groups in total. The van der Waals surface area contributed by atoms with Crippen molar-refractivity contribution in [2.24, 2.45) is 5.92 Å². The van der Waals surface area contributed by atoms with Gasteiger partial charge < -0.3 is 0 Å². The third-order valence-corrected chi connectivity index (χ3v) is 1.57. The number of hydrogen-bond donors (Lipinski definition) is 0. The van der Waals surface area contributed by atoms with Gasteiger partial charge in [-0.2, -0.15) is 0 Å². The Morgan fingerprint density at radius 2 is 1.56 bits per heavy atom. The summed E-state index contributed by atoms with van der Waals surface area (Å²) in [6.07, 6.45) is 5.86. The third kappa shape index (κ3) is 15.2. The van der Waals surface area contributed by atoms with E-state index in [-0.39, 0.29) is 0 Å². The summed E-state index contributed by atoms with van der Waals surface area (Å²) in [6.45, 7) is 13.9. The van der Waals surface area contributed by atoms with Crippen LogP contribution < -0.4 is 0 Å². The second-order valence-corrected chi connectivity index (χ2v) is 3.52. The maximum absolute atomic E-state index is 3.55. The molecule has 0 aliphatic rings. The molecule has 0 nitrogen and oxygen atoms in total. The molecule has 16 heavy (non-hydrogen) atoms. The Hall–Kier alpha value is -1.30. The molecule has 0 heteroatoms. The van der Waals surface area contributed by atoms with Crippen molar-refractivity contribution in [1.82, 2.24) is 0 Å². The van der Waals surface area contributed by atoms with Gasteiger partial charge in [0.25, 0.3) is 0 Å². The van der Waals surface area contributed by atoms with Crippen LogP contribution in [0.5, 0.6) is 0 Å². The zero-order valence-electron chi connectivity index (χ0n) is 11.4. The molecule has 0 radical (unpaired) electrons. The highest BCUT2D eigenvalue weighted by Crippen LogP contribution is 1.92. The lowest BCUT2D eigenvalue weighted by Crippen LogP contribution is -1.73. The van der Waals surface area contributed by atoms with Crippen LogP contribution in [0.1, 0.15) is 33.3 Å². The fourth-order valence-corrected chi connectivity index (χ4v) is 0.835. The molecule has 1 rings (SSSR count). The number of allylic oxidation sites excluding steroid dienone is 3. The molecular formula is C16H26. The summed E-state index contributed by atoms with van der Waals surface area (Å²) in [7, 11) is 0. The van der Waals surface area contributed by atoms with Gasteiger partial charge in [0.2, 0.25) is 0 Å². The van der Waals surface area contributed by atoms with E-state index in [4.69, 9.17) is 0 Å². The molecule has 0 aliphatic heterocycles. The van der Waals surface area contributed by atoms with Crippen LogP contribution in [0.15, 0.2) is 55.1 Å². The Morgan fingerprint density at radius 1 is 1.06 bits per heavy atom. The van der Waals surface area contributed by atoms with Gasteiger partial charge in [-0.3, -0.25) is 0 Å². The normalized spacial score (nSPS) is 8.88. The maximum Gasteiger partial charge on any atom is -0.0287 e. The number of hydrogen-bond acceptors (Lipinski definition) is 0. The van der Waals surface area contributed by atoms with Gasteiger partial charge in [-0.15, -0.1) is 0 Å². The van der Waals surface area contributed by atoms with Crippen LogP contribution in [-0.2, 0) is 0 Å². The summed E-state index contributed by atoms with van der Waals surface area (Å²) in [4.78, 5) is 0. The summed E-state index contributed by atoms with van der Waals surface area (Å²) >= 11 is 0. The molecular weight excluding hydrogens is 192 g/mol. The Morgan fingerprint density at radius 3 is 1.75 bits per heavy atom. The molecule has 0 saturated carbocycles. The van der Waals surface area contributed by atoms with Crippen molar-refractivity contribution in [3.63, 3.8) is 0 Å². The number of rotatable bonds is 2. The topological polar surface area (TPSA) is 0 Å². The monoisotopic (exact) mass is 218 g/mol. The molecule has 0 atom stereocenters. The molecule has 1 aromatic rings. The fourth-order valence-electron chi connectivity index (χ4n) is 0.835. The van der Waals surface area contributed by atoms with E-state index in [0.717, 1.165) is 0 Å². The fraction of sp³-hybridized carbons (Fsp3) is 0.375. The van der Waals surface area contributed by atoms with Crippen molar-refractivity contribution in [1.29, 1.82) is 0 Å². The minimum absolute atomic E-state index is 0.651. The smallest absolute Gasteiger partial charge is 0.0287 e. The van der Waals surface area contributed by atoms with Gasteiger partial charge in [0.1, 0.15) is 0 Å². The molecule has 0 spiro atoms. The first kappa shape index (κ1) is 17.1. The molecule has 0 heterocycles. The van der Waals surface area contributed by atoms with Crippen LogP contribution in [0.25, 0.3) is 0 Å². The van der Waals surface area contributed by atoms with Gasteiger partial charge in [-0.25, -0.2) is 0 Å². The third-order valence-electron chi connectivity index (χ3n) is 1.57. The average molecular weight is 218 g/mol. The summed E-state index contributed by atoms with van der Waals surface area (Å²) in [5, 5.41) is 0. The highest BCUT2D eigenvalue weighted by atomic mass is 13.8. The molecule has 0 amide bonds. The van der Waals surface area contributed by atoms with Crippen LogP contribution in [0.4, 0.5) is 0 Å². The minimum Gasteiger partial charge on any atom is -0.0991 e. The second-order valence-electron chi connectivity index (χ2n) is 3.52. The molecule has 1 aromatic carbocycles. The SMILES string of the molecule is C=C/C=C\C(C)C.CC.Cc1ccccc1. The minimum atomic E-state index is 0.651. The Bertz CT molecular complexity index is 255. The Kier molecular flexibility index (Phi) is 14.6. The van der Waals surface area contributed by atoms with E-state index in [1.165, 1.54) is 5.56 Å². The highest BCUT2D eigenvalue weighted by molar-refractivity contribution is 5.11. The van der Waals surface area contributed by atoms with E-state index in [9.17, 15) is 0 Å². The summed E-state index contributed by atoms with van der Waals surface area (Å²) in [6, 6.07) is 10.3. The van der Waals surface area contributed by atoms with E-state index < -0.39 is 0 Å². The first-order chi connectivity index (χ1) is 7.66. The number of benzene rings is 1. The first-order valence-electron chi connectivity index (χ1n) is 5.97. The largest absolute Gasteiger partial charge is 0.0991 e. The maximum atomic E-state index is 3.55. The van der Waals surface area contributed by atoms with Crippen LogP contribution in [0.3, 0.4) is 0 Å². The summed E-state index contributed by atoms with van der Waals surface area (Å²) in [5.41, 5.74) is 1.32. The van der Waals surface area contributed by atoms with E-state index in [1.807, 2.05) is 38.1 Å². The lowest BCUT2D eigenvalue weighted by molar-refractivity contribution is 0.832. The van der Waals surface area contributed by atoms with Gasteiger partial charge in [0, 0.05) is 0 Å². The van der Waals surface area contributed by atoms with Crippen molar-refractivity contribution in [3.8, 4) is 0 Å². The molecule has 0 fully saturated rings. The average Bonchev–Trinajstić information content (AvgIpc) is 2.31. The van der Waals surface area contributed by atoms with Crippen LogP contribution in [0.2, 0.25) is 0 Å². The van der Waals surface area contributed by atoms with E-state index in [1.54, 1.807) is 6.08 Å². The zero-order chi connectivity index (χ0) is 12.8. The summed E-state index contributed by atoms with van der Waals surface area (Å²) < 4.78 is 0. The predicted molar refractivity (Wildman–Crippen MR) is 76.7 cm³/mol. The molecule has 0 aromatic heterocycles. The quantitative estimate of drug-likeness (QED) is 0.582. The van der Waals surface area contributed by atoms with Crippen molar-refractivity contribution >= 4 is 0 Å². The van der Waals surface area contributed by atoms with Gasteiger partial charge in [0.15, 0.2) is 0 Å². The summed E-state index contributed by atoms with van der Waals surface area (Å²) in [5.74, 6) is 0.651. The van der Waals surface area contributed by atoms with Gasteiger partial charge >= 0.3 is 0 Å². The standard InChI is InChI=1S/C7H8.C7H12.C2H6/c1-7-5-3-2-4-6-7;1-4-5-6-7(2)3;1-2/h2-6H,1H3;4-7H,1H2,2-3H3;1-2H3/b;6-5-;. The van der Waals surface area contributed by atoms with Crippen LogP contribution >= 0.6 is 0 Å². The molecule has 0 unspecified atom stereocenters. The lowest BCUT2D eigenvalue weighted by Gasteiger charge is -1.87. The second kappa shape index (κ2) is 13.7. The van der Waals surface area contributed by atoms with Crippen molar-refractivity contribution in [2.75, 3.05) is 0 Å². The highest BCUT2D eigenvalue weighted by Gasteiger charge is 1.77. The molecule has 90 valence electrons. The van der Waals surface area contributed by atoms with Crippen molar-refractivity contribution in [3.05, 3.63) is 60.7 Å².